The largest absolute Gasteiger partial charge is 0.378 e. The van der Waals surface area contributed by atoms with Gasteiger partial charge in [-0.1, -0.05) is 6.07 Å². The summed E-state index contributed by atoms with van der Waals surface area (Å²) in [5, 5.41) is 3.24. The molecule has 1 aliphatic heterocycles. The topological polar surface area (TPSA) is 76.7 Å². The van der Waals surface area contributed by atoms with E-state index in [4.69, 9.17) is 9.47 Å². The normalized spacial score (nSPS) is 19.4. The fourth-order valence-electron chi connectivity index (χ4n) is 2.10. The summed E-state index contributed by atoms with van der Waals surface area (Å²) in [7, 11) is -2.06. The lowest BCUT2D eigenvalue weighted by Gasteiger charge is -2.35. The minimum absolute atomic E-state index is 0.00845. The summed E-state index contributed by atoms with van der Waals surface area (Å²) in [6, 6.07) is 5.25. The summed E-state index contributed by atoms with van der Waals surface area (Å²) in [5.74, 6) is -0.563. The highest BCUT2D eigenvalue weighted by atomic mass is 32.2. The Morgan fingerprint density at radius 3 is 2.43 bits per heavy atom. The first-order valence-corrected chi connectivity index (χ1v) is 8.30. The van der Waals surface area contributed by atoms with Gasteiger partial charge in [0.25, 0.3) is 0 Å². The quantitative estimate of drug-likeness (QED) is 0.880. The number of nitrogens with one attached hydrogen (secondary N) is 2. The zero-order chi connectivity index (χ0) is 15.7. The molecule has 1 aliphatic rings. The molecule has 0 aliphatic carbocycles. The molecule has 0 aromatic heterocycles. The molecule has 118 valence electrons. The van der Waals surface area contributed by atoms with Crippen LogP contribution in [-0.4, -0.2) is 40.5 Å². The van der Waals surface area contributed by atoms with Crippen molar-refractivity contribution in [3.8, 4) is 0 Å². The van der Waals surface area contributed by atoms with Crippen molar-refractivity contribution in [2.24, 2.45) is 0 Å². The third kappa shape index (κ3) is 3.94. The van der Waals surface area contributed by atoms with E-state index < -0.39 is 15.8 Å². The highest BCUT2D eigenvalue weighted by molar-refractivity contribution is 7.89. The molecule has 1 fully saturated rings. The van der Waals surface area contributed by atoms with E-state index >= 15 is 0 Å². The second-order valence-electron chi connectivity index (χ2n) is 5.55. The molecule has 6 nitrogen and oxygen atoms in total. The Morgan fingerprint density at radius 2 is 1.86 bits per heavy atom. The number of hydrogen-bond acceptors (Lipinski definition) is 5. The van der Waals surface area contributed by atoms with Crippen LogP contribution in [0, 0.1) is 6.92 Å². The van der Waals surface area contributed by atoms with Crippen LogP contribution in [0.5, 0.6) is 0 Å². The van der Waals surface area contributed by atoms with Gasteiger partial charge >= 0.3 is 0 Å². The predicted molar refractivity (Wildman–Crippen MR) is 80.8 cm³/mol. The van der Waals surface area contributed by atoms with Crippen molar-refractivity contribution in [3.63, 3.8) is 0 Å². The molecule has 2 rings (SSSR count). The monoisotopic (exact) mass is 314 g/mol. The van der Waals surface area contributed by atoms with Gasteiger partial charge in [-0.3, -0.25) is 0 Å². The van der Waals surface area contributed by atoms with Gasteiger partial charge in [-0.05, 0) is 45.5 Å². The molecular weight excluding hydrogens is 292 g/mol. The van der Waals surface area contributed by atoms with Crippen LogP contribution in [0.3, 0.4) is 0 Å². The SMILES string of the molecule is CNS(=O)(=O)c1cc(NC2COC(C)(C)OC2)ccc1C. The van der Waals surface area contributed by atoms with Crippen LogP contribution in [-0.2, 0) is 19.5 Å². The second kappa shape index (κ2) is 5.92. The molecular formula is C14H22N2O4S. The van der Waals surface area contributed by atoms with E-state index in [-0.39, 0.29) is 10.9 Å². The van der Waals surface area contributed by atoms with Gasteiger partial charge in [0.05, 0.1) is 24.2 Å². The Labute approximate surface area is 125 Å². The summed E-state index contributed by atoms with van der Waals surface area (Å²) in [6.07, 6.45) is 0. The Morgan fingerprint density at radius 1 is 1.24 bits per heavy atom. The zero-order valence-electron chi connectivity index (χ0n) is 12.8. The molecule has 0 saturated carbocycles. The molecule has 2 N–H and O–H groups in total. The van der Waals surface area contributed by atoms with Gasteiger partial charge < -0.3 is 14.8 Å². The Balaban J connectivity index is 2.14. The molecule has 7 heteroatoms. The molecule has 0 radical (unpaired) electrons. The lowest BCUT2D eigenvalue weighted by atomic mass is 10.2. The lowest BCUT2D eigenvalue weighted by Crippen LogP contribution is -2.45. The number of anilines is 1. The van der Waals surface area contributed by atoms with E-state index in [1.54, 1.807) is 19.1 Å². The van der Waals surface area contributed by atoms with Crippen LogP contribution in [0.25, 0.3) is 0 Å². The average molecular weight is 314 g/mol. The summed E-state index contributed by atoms with van der Waals surface area (Å²) >= 11 is 0. The van der Waals surface area contributed by atoms with Gasteiger partial charge in [0, 0.05) is 5.69 Å². The number of sulfonamides is 1. The minimum atomic E-state index is -3.46. The summed E-state index contributed by atoms with van der Waals surface area (Å²) in [4.78, 5) is 0.271. The summed E-state index contributed by atoms with van der Waals surface area (Å²) < 4.78 is 37.4. The Kier molecular flexibility index (Phi) is 4.57. The van der Waals surface area contributed by atoms with Crippen molar-refractivity contribution >= 4 is 15.7 Å². The fraction of sp³-hybridized carbons (Fsp3) is 0.571. The third-order valence-corrected chi connectivity index (χ3v) is 4.94. The lowest BCUT2D eigenvalue weighted by molar-refractivity contribution is -0.247. The summed E-state index contributed by atoms with van der Waals surface area (Å²) in [5.41, 5.74) is 1.43. The maximum atomic E-state index is 12.0. The van der Waals surface area contributed by atoms with Crippen molar-refractivity contribution in [3.05, 3.63) is 23.8 Å². The van der Waals surface area contributed by atoms with E-state index in [9.17, 15) is 8.42 Å². The van der Waals surface area contributed by atoms with Crippen LogP contribution >= 0.6 is 0 Å². The smallest absolute Gasteiger partial charge is 0.240 e. The van der Waals surface area contributed by atoms with Crippen LogP contribution < -0.4 is 10.0 Å². The van der Waals surface area contributed by atoms with Gasteiger partial charge in [-0.2, -0.15) is 0 Å². The zero-order valence-corrected chi connectivity index (χ0v) is 13.6. The molecule has 1 saturated heterocycles. The fourth-order valence-corrected chi connectivity index (χ4v) is 3.09. The van der Waals surface area contributed by atoms with E-state index in [0.717, 1.165) is 5.69 Å². The first-order valence-electron chi connectivity index (χ1n) is 6.82. The first-order chi connectivity index (χ1) is 9.73. The predicted octanol–water partition coefficient (Wildman–Crippen LogP) is 1.47. The van der Waals surface area contributed by atoms with Crippen molar-refractivity contribution in [2.75, 3.05) is 25.6 Å². The highest BCUT2D eigenvalue weighted by Crippen LogP contribution is 2.23. The maximum absolute atomic E-state index is 12.0. The van der Waals surface area contributed by atoms with Crippen molar-refractivity contribution in [1.29, 1.82) is 0 Å². The molecule has 0 amide bonds. The van der Waals surface area contributed by atoms with Gasteiger partial charge in [0.2, 0.25) is 10.0 Å². The molecule has 0 unspecified atom stereocenters. The van der Waals surface area contributed by atoms with E-state index in [1.165, 1.54) is 7.05 Å². The van der Waals surface area contributed by atoms with E-state index in [2.05, 4.69) is 10.0 Å². The second-order valence-corrected chi connectivity index (χ2v) is 7.41. The van der Waals surface area contributed by atoms with Crippen molar-refractivity contribution in [2.45, 2.75) is 37.5 Å². The molecule has 1 aromatic rings. The van der Waals surface area contributed by atoms with E-state index in [0.29, 0.717) is 18.8 Å². The first kappa shape index (κ1) is 16.2. The molecule has 1 aromatic carbocycles. The molecule has 0 bridgehead atoms. The van der Waals surface area contributed by atoms with Crippen LogP contribution in [0.15, 0.2) is 23.1 Å². The number of aryl methyl sites for hydroxylation is 1. The Hall–Kier alpha value is -1.15. The number of rotatable bonds is 4. The van der Waals surface area contributed by atoms with Gasteiger partial charge in [0.15, 0.2) is 5.79 Å². The van der Waals surface area contributed by atoms with Gasteiger partial charge in [0.1, 0.15) is 0 Å². The molecule has 21 heavy (non-hydrogen) atoms. The summed E-state index contributed by atoms with van der Waals surface area (Å²) in [6.45, 7) is 6.52. The van der Waals surface area contributed by atoms with Crippen LogP contribution in [0.1, 0.15) is 19.4 Å². The number of ether oxygens (including phenoxy) is 2. The molecule has 0 atom stereocenters. The van der Waals surface area contributed by atoms with Crippen LogP contribution in [0.4, 0.5) is 5.69 Å². The minimum Gasteiger partial charge on any atom is -0.378 e. The molecule has 1 heterocycles. The van der Waals surface area contributed by atoms with Crippen molar-refractivity contribution < 1.29 is 17.9 Å². The molecule has 0 spiro atoms. The number of hydrogen-bond donors (Lipinski definition) is 2. The Bertz CT molecular complexity index is 603. The maximum Gasteiger partial charge on any atom is 0.240 e. The highest BCUT2D eigenvalue weighted by Gasteiger charge is 2.28. The standard InChI is InChI=1S/C14H22N2O4S/c1-10-5-6-11(7-13(10)21(17,18)15-4)16-12-8-19-14(2,3)20-9-12/h5-7,12,15-16H,8-9H2,1-4H3. The van der Waals surface area contributed by atoms with Crippen molar-refractivity contribution in [1.82, 2.24) is 4.72 Å². The third-order valence-electron chi connectivity index (χ3n) is 3.38. The van der Waals surface area contributed by atoms with E-state index in [1.807, 2.05) is 19.9 Å². The van der Waals surface area contributed by atoms with Gasteiger partial charge in [-0.25, -0.2) is 13.1 Å². The van der Waals surface area contributed by atoms with Crippen LogP contribution in [0.2, 0.25) is 0 Å². The number of benzene rings is 1. The average Bonchev–Trinajstić information content (AvgIpc) is 2.43. The van der Waals surface area contributed by atoms with Gasteiger partial charge in [-0.15, -0.1) is 0 Å².